The number of alkyl halides is 3. The molecule has 0 aliphatic rings. The number of halogens is 3. The van der Waals surface area contributed by atoms with Crippen LogP contribution in [0.3, 0.4) is 0 Å². The van der Waals surface area contributed by atoms with E-state index < -0.39 is 17.3 Å². The Morgan fingerprint density at radius 3 is 2.47 bits per heavy atom. The van der Waals surface area contributed by atoms with Gasteiger partial charge in [0.15, 0.2) is 0 Å². The Labute approximate surface area is 108 Å². The van der Waals surface area contributed by atoms with Crippen molar-refractivity contribution in [1.29, 1.82) is 5.41 Å². The van der Waals surface area contributed by atoms with Crippen molar-refractivity contribution in [2.75, 3.05) is 0 Å². The number of nitrogens with two attached hydrogens (primary N) is 1. The molecule has 0 fully saturated rings. The number of terminal acetylenes is 1. The van der Waals surface area contributed by atoms with Gasteiger partial charge >= 0.3 is 6.18 Å². The standard InChI is InChI=1S/C13H11F3N2O/c1-2-12(19,13(14,15)16)11-5-3-4-9(6-11)10(7-17)8-18/h1,3-8,17,19H,18H2/b10-8+,17-7?. The van der Waals surface area contributed by atoms with E-state index in [9.17, 15) is 18.3 Å². The highest BCUT2D eigenvalue weighted by molar-refractivity contribution is 6.08. The minimum Gasteiger partial charge on any atom is -0.404 e. The molecule has 1 atom stereocenters. The van der Waals surface area contributed by atoms with Crippen molar-refractivity contribution in [2.24, 2.45) is 5.73 Å². The molecule has 1 unspecified atom stereocenters. The van der Waals surface area contributed by atoms with E-state index in [1.807, 2.05) is 0 Å². The van der Waals surface area contributed by atoms with Crippen LogP contribution in [0.5, 0.6) is 0 Å². The minimum absolute atomic E-state index is 0.211. The van der Waals surface area contributed by atoms with Crippen molar-refractivity contribution < 1.29 is 18.3 Å². The smallest absolute Gasteiger partial charge is 0.404 e. The van der Waals surface area contributed by atoms with Crippen molar-refractivity contribution in [3.05, 3.63) is 41.6 Å². The zero-order chi connectivity index (χ0) is 14.7. The fraction of sp³-hybridized carbons (Fsp3) is 0.154. The monoisotopic (exact) mass is 268 g/mol. The van der Waals surface area contributed by atoms with E-state index in [4.69, 9.17) is 17.6 Å². The molecule has 0 amide bonds. The van der Waals surface area contributed by atoms with Crippen LogP contribution < -0.4 is 5.73 Å². The van der Waals surface area contributed by atoms with Crippen LogP contribution in [0.4, 0.5) is 13.2 Å². The topological polar surface area (TPSA) is 70.1 Å². The minimum atomic E-state index is -5.00. The molecule has 0 bridgehead atoms. The van der Waals surface area contributed by atoms with E-state index in [1.54, 1.807) is 0 Å². The third-order valence-electron chi connectivity index (χ3n) is 2.57. The average molecular weight is 268 g/mol. The first-order valence-electron chi connectivity index (χ1n) is 5.10. The quantitative estimate of drug-likeness (QED) is 0.579. The fourth-order valence-electron chi connectivity index (χ4n) is 1.48. The van der Waals surface area contributed by atoms with Crippen LogP contribution in [0.25, 0.3) is 5.57 Å². The highest BCUT2D eigenvalue weighted by Gasteiger charge is 2.54. The van der Waals surface area contributed by atoms with Crippen LogP contribution in [0.2, 0.25) is 0 Å². The van der Waals surface area contributed by atoms with Crippen LogP contribution in [0.1, 0.15) is 11.1 Å². The van der Waals surface area contributed by atoms with Crippen molar-refractivity contribution >= 4 is 11.8 Å². The molecular formula is C13H11F3N2O. The molecule has 3 nitrogen and oxygen atoms in total. The molecule has 6 heteroatoms. The molecule has 0 spiro atoms. The SMILES string of the molecule is C#CC(O)(c1cccc(/C(C=N)=C/N)c1)C(F)(F)F. The zero-order valence-corrected chi connectivity index (χ0v) is 9.70. The van der Waals surface area contributed by atoms with E-state index in [0.717, 1.165) is 24.5 Å². The molecule has 19 heavy (non-hydrogen) atoms. The van der Waals surface area contributed by atoms with Gasteiger partial charge in [0.1, 0.15) is 0 Å². The van der Waals surface area contributed by atoms with Gasteiger partial charge in [-0.3, -0.25) is 0 Å². The number of rotatable bonds is 3. The molecule has 0 heterocycles. The van der Waals surface area contributed by atoms with Crippen LogP contribution in [-0.4, -0.2) is 17.5 Å². The first-order chi connectivity index (χ1) is 8.80. The Bertz CT molecular complexity index is 558. The Balaban J connectivity index is 3.42. The zero-order valence-electron chi connectivity index (χ0n) is 9.70. The van der Waals surface area contributed by atoms with Gasteiger partial charge in [-0.25, -0.2) is 0 Å². The predicted octanol–water partition coefficient (Wildman–Crippen LogP) is 2.02. The molecule has 0 aliphatic heterocycles. The van der Waals surface area contributed by atoms with E-state index in [-0.39, 0.29) is 11.1 Å². The fourth-order valence-corrected chi connectivity index (χ4v) is 1.48. The first-order valence-corrected chi connectivity index (χ1v) is 5.10. The molecule has 1 aromatic carbocycles. The lowest BCUT2D eigenvalue weighted by Gasteiger charge is -2.25. The van der Waals surface area contributed by atoms with Gasteiger partial charge in [0, 0.05) is 23.6 Å². The Morgan fingerprint density at radius 1 is 1.42 bits per heavy atom. The highest BCUT2D eigenvalue weighted by Crippen LogP contribution is 2.38. The molecule has 4 N–H and O–H groups in total. The van der Waals surface area contributed by atoms with E-state index in [2.05, 4.69) is 0 Å². The number of hydrogen-bond donors (Lipinski definition) is 3. The second-order valence-electron chi connectivity index (χ2n) is 3.70. The molecule has 0 saturated heterocycles. The third kappa shape index (κ3) is 2.61. The third-order valence-corrected chi connectivity index (χ3v) is 2.57. The highest BCUT2D eigenvalue weighted by atomic mass is 19.4. The van der Waals surface area contributed by atoms with Crippen molar-refractivity contribution in [2.45, 2.75) is 11.8 Å². The number of nitrogens with one attached hydrogen (secondary N) is 1. The lowest BCUT2D eigenvalue weighted by Crippen LogP contribution is -2.40. The Hall–Kier alpha value is -2.26. The average Bonchev–Trinajstić information content (AvgIpc) is 2.38. The van der Waals surface area contributed by atoms with Crippen molar-refractivity contribution in [1.82, 2.24) is 0 Å². The maximum Gasteiger partial charge on any atom is 0.433 e. The molecule has 0 aromatic heterocycles. The maximum atomic E-state index is 12.8. The summed E-state index contributed by atoms with van der Waals surface area (Å²) in [5.74, 6) is 1.36. The van der Waals surface area contributed by atoms with E-state index >= 15 is 0 Å². The molecule has 0 aliphatic carbocycles. The predicted molar refractivity (Wildman–Crippen MR) is 66.2 cm³/mol. The van der Waals surface area contributed by atoms with Crippen LogP contribution in [0, 0.1) is 17.8 Å². The Kier molecular flexibility index (Phi) is 4.02. The van der Waals surface area contributed by atoms with Gasteiger partial charge in [0.2, 0.25) is 5.60 Å². The second kappa shape index (κ2) is 5.16. The maximum absolute atomic E-state index is 12.8. The molecule has 1 rings (SSSR count). The summed E-state index contributed by atoms with van der Waals surface area (Å²) >= 11 is 0. The van der Waals surface area contributed by atoms with Crippen molar-refractivity contribution in [3.63, 3.8) is 0 Å². The second-order valence-corrected chi connectivity index (χ2v) is 3.70. The Morgan fingerprint density at radius 2 is 2.05 bits per heavy atom. The summed E-state index contributed by atoms with van der Waals surface area (Å²) in [4.78, 5) is 0. The van der Waals surface area contributed by atoms with Gasteiger partial charge in [-0.05, 0) is 11.6 Å². The largest absolute Gasteiger partial charge is 0.433 e. The molecular weight excluding hydrogens is 257 g/mol. The normalized spacial score (nSPS) is 15.4. The van der Waals surface area contributed by atoms with Gasteiger partial charge in [0.25, 0.3) is 0 Å². The molecule has 0 radical (unpaired) electrons. The summed E-state index contributed by atoms with van der Waals surface area (Å²) in [5.41, 5.74) is 1.85. The number of benzene rings is 1. The van der Waals surface area contributed by atoms with Gasteiger partial charge in [-0.1, -0.05) is 24.1 Å². The van der Waals surface area contributed by atoms with Gasteiger partial charge in [-0.15, -0.1) is 6.42 Å². The summed E-state index contributed by atoms with van der Waals surface area (Å²) in [6, 6.07) is 4.87. The van der Waals surface area contributed by atoms with Gasteiger partial charge < -0.3 is 16.2 Å². The lowest BCUT2D eigenvalue weighted by molar-refractivity contribution is -0.240. The van der Waals surface area contributed by atoms with Crippen LogP contribution in [-0.2, 0) is 5.60 Å². The first kappa shape index (κ1) is 14.8. The molecule has 0 saturated carbocycles. The molecule has 100 valence electrons. The van der Waals surface area contributed by atoms with Gasteiger partial charge in [-0.2, -0.15) is 13.2 Å². The summed E-state index contributed by atoms with van der Waals surface area (Å²) in [6.45, 7) is 0. The number of aliphatic hydroxyl groups is 1. The summed E-state index contributed by atoms with van der Waals surface area (Å²) in [7, 11) is 0. The number of allylic oxidation sites excluding steroid dienone is 1. The van der Waals surface area contributed by atoms with Crippen molar-refractivity contribution in [3.8, 4) is 12.3 Å². The van der Waals surface area contributed by atoms with E-state index in [1.165, 1.54) is 18.1 Å². The van der Waals surface area contributed by atoms with E-state index in [0.29, 0.717) is 0 Å². The lowest BCUT2D eigenvalue weighted by atomic mass is 9.91. The summed E-state index contributed by atoms with van der Waals surface area (Å²) in [5, 5.41) is 16.7. The van der Waals surface area contributed by atoms with Crippen LogP contribution >= 0.6 is 0 Å². The summed E-state index contributed by atoms with van der Waals surface area (Å²) < 4.78 is 38.4. The van der Waals surface area contributed by atoms with Crippen LogP contribution in [0.15, 0.2) is 30.5 Å². The number of hydrogen-bond acceptors (Lipinski definition) is 3. The van der Waals surface area contributed by atoms with Gasteiger partial charge in [0.05, 0.1) is 0 Å². The molecule has 1 aromatic rings. The summed E-state index contributed by atoms with van der Waals surface area (Å²) in [6.07, 6.45) is 1.78.